The van der Waals surface area contributed by atoms with Gasteiger partial charge in [0.25, 0.3) is 0 Å². The van der Waals surface area contributed by atoms with E-state index < -0.39 is 14.0 Å². The summed E-state index contributed by atoms with van der Waals surface area (Å²) in [5.74, 6) is 0. The van der Waals surface area contributed by atoms with E-state index in [-0.39, 0.29) is 6.54 Å². The van der Waals surface area contributed by atoms with Gasteiger partial charge in [0, 0.05) is 8.22 Å². The molecule has 0 saturated carbocycles. The molecule has 0 spiro atoms. The van der Waals surface area contributed by atoms with E-state index in [0.717, 1.165) is 0 Å². The molecule has 0 aromatic carbocycles. The summed E-state index contributed by atoms with van der Waals surface area (Å²) in [5.41, 5.74) is 0. The van der Waals surface area contributed by atoms with Gasteiger partial charge in [-0.3, -0.25) is 0 Å². The molecule has 0 radical (unpaired) electrons. The lowest BCUT2D eigenvalue weighted by molar-refractivity contribution is 0.434. The van der Waals surface area contributed by atoms with Gasteiger partial charge in [0.05, 0.1) is 0 Å². The zero-order chi connectivity index (χ0) is 9.28. The first-order chi connectivity index (χ1) is 4.69. The highest BCUT2D eigenvalue weighted by Crippen LogP contribution is 1.63. The van der Waals surface area contributed by atoms with E-state index in [4.69, 9.17) is 8.22 Å². The summed E-state index contributed by atoms with van der Waals surface area (Å²) in [7, 11) is 0. The van der Waals surface area contributed by atoms with E-state index >= 15 is 0 Å². The van der Waals surface area contributed by atoms with Crippen LogP contribution >= 0.6 is 0 Å². The standard InChI is InChI=1S/C4H11N/c1-4-5(2)3/h4H2,1-3H3/i2D3,3D3. The van der Waals surface area contributed by atoms with E-state index in [1.54, 1.807) is 0 Å². The fourth-order valence-corrected chi connectivity index (χ4v) is 0. The zero-order valence-corrected chi connectivity index (χ0v) is 3.15. The van der Waals surface area contributed by atoms with Crippen LogP contribution < -0.4 is 0 Å². The van der Waals surface area contributed by atoms with Crippen LogP contribution in [0.2, 0.25) is 0 Å². The van der Waals surface area contributed by atoms with Crippen LogP contribution in [0.5, 0.6) is 0 Å². The Labute approximate surface area is 42.0 Å². The van der Waals surface area contributed by atoms with Crippen LogP contribution in [0.3, 0.4) is 0 Å². The minimum absolute atomic E-state index is 0.00694. The van der Waals surface area contributed by atoms with Crippen molar-refractivity contribution in [2.75, 3.05) is 20.5 Å². The maximum absolute atomic E-state index is 6.84. The van der Waals surface area contributed by atoms with Crippen molar-refractivity contribution in [2.24, 2.45) is 0 Å². The monoisotopic (exact) mass is 79.1 g/mol. The normalized spacial score (nSPS) is 32.4. The molecule has 32 valence electrons. The molecule has 0 aromatic rings. The van der Waals surface area contributed by atoms with Crippen molar-refractivity contribution in [2.45, 2.75) is 6.92 Å². The largest absolute Gasteiger partial charge is 0.310 e. The van der Waals surface area contributed by atoms with Crippen LogP contribution in [0.1, 0.15) is 15.1 Å². The predicted octanol–water partition coefficient (Wildman–Crippen LogP) is 0.568. The van der Waals surface area contributed by atoms with Crippen molar-refractivity contribution < 1.29 is 8.22 Å². The molecule has 0 N–H and O–H groups in total. The molecule has 0 fully saturated rings. The summed E-state index contributed by atoms with van der Waals surface area (Å²) >= 11 is 0. The Morgan fingerprint density at radius 3 is 2.40 bits per heavy atom. The minimum atomic E-state index is -2.53. The summed E-state index contributed by atoms with van der Waals surface area (Å²) in [4.78, 5) is 0.500. The van der Waals surface area contributed by atoms with Gasteiger partial charge < -0.3 is 4.90 Å². The van der Waals surface area contributed by atoms with Crippen molar-refractivity contribution in [1.29, 1.82) is 0 Å². The average Bonchev–Trinajstić information content (AvgIpc) is 1.56. The summed E-state index contributed by atoms with van der Waals surface area (Å²) in [6, 6.07) is 0. The third kappa shape index (κ3) is 3.96. The maximum atomic E-state index is 6.84. The molecule has 0 saturated heterocycles. The van der Waals surface area contributed by atoms with E-state index in [9.17, 15) is 0 Å². The lowest BCUT2D eigenvalue weighted by Gasteiger charge is -2.00. The van der Waals surface area contributed by atoms with Gasteiger partial charge in [-0.1, -0.05) is 6.92 Å². The van der Waals surface area contributed by atoms with Gasteiger partial charge in [0.15, 0.2) is 0 Å². The maximum Gasteiger partial charge on any atom is 0.0394 e. The Kier molecular flexibility index (Phi) is 0.347. The SMILES string of the molecule is [2H]C([2H])([2H])N(CC)C([2H])([2H])[2H]. The Balaban J connectivity index is 4.43. The Bertz CT molecular complexity index is 110. The molecule has 0 amide bonds. The van der Waals surface area contributed by atoms with Crippen LogP contribution in [-0.2, 0) is 0 Å². The van der Waals surface area contributed by atoms with Crippen LogP contribution in [0, 0.1) is 0 Å². The quantitative estimate of drug-likeness (QED) is 0.444. The highest BCUT2D eigenvalue weighted by molar-refractivity contribution is 4.25. The van der Waals surface area contributed by atoms with Crippen LogP contribution in [0.25, 0.3) is 0 Å². The first-order valence-electron chi connectivity index (χ1n) is 4.47. The van der Waals surface area contributed by atoms with Crippen LogP contribution in [-0.4, -0.2) is 25.4 Å². The van der Waals surface area contributed by atoms with Crippen molar-refractivity contribution in [3.8, 4) is 0 Å². The van der Waals surface area contributed by atoms with E-state index in [0.29, 0.717) is 4.90 Å². The summed E-state index contributed by atoms with van der Waals surface area (Å²) in [6.45, 7) is -3.56. The first kappa shape index (κ1) is 0.784. The molecule has 0 aromatic heterocycles. The Morgan fingerprint density at radius 1 is 1.80 bits per heavy atom. The predicted molar refractivity (Wildman–Crippen MR) is 24.2 cm³/mol. The number of rotatable bonds is 1. The van der Waals surface area contributed by atoms with Gasteiger partial charge >= 0.3 is 0 Å². The van der Waals surface area contributed by atoms with E-state index in [2.05, 4.69) is 0 Å². The minimum Gasteiger partial charge on any atom is -0.310 e. The molecule has 0 unspecified atom stereocenters. The van der Waals surface area contributed by atoms with Gasteiger partial charge in [0.2, 0.25) is 0 Å². The second kappa shape index (κ2) is 2.21. The highest BCUT2D eigenvalue weighted by Gasteiger charge is 1.72. The lowest BCUT2D eigenvalue weighted by atomic mass is 10.7. The van der Waals surface area contributed by atoms with Crippen molar-refractivity contribution in [1.82, 2.24) is 4.90 Å². The van der Waals surface area contributed by atoms with Crippen molar-refractivity contribution in [3.63, 3.8) is 0 Å². The highest BCUT2D eigenvalue weighted by atomic mass is 15.0. The van der Waals surface area contributed by atoms with Gasteiger partial charge in [-0.15, -0.1) is 0 Å². The Morgan fingerprint density at radius 2 is 2.40 bits per heavy atom. The van der Waals surface area contributed by atoms with Gasteiger partial charge in [-0.05, 0) is 20.5 Å². The smallest absolute Gasteiger partial charge is 0.0394 e. The third-order valence-electron chi connectivity index (χ3n) is 0.316. The van der Waals surface area contributed by atoms with Gasteiger partial charge in [-0.2, -0.15) is 0 Å². The number of hydrogen-bond acceptors (Lipinski definition) is 1. The fourth-order valence-electron chi connectivity index (χ4n) is 0. The van der Waals surface area contributed by atoms with Crippen LogP contribution in [0.4, 0.5) is 0 Å². The molecule has 0 aliphatic rings. The topological polar surface area (TPSA) is 3.24 Å². The molecule has 0 aliphatic carbocycles. The molecule has 0 bridgehead atoms. The average molecular weight is 79.2 g/mol. The summed E-state index contributed by atoms with van der Waals surface area (Å²) in [6.07, 6.45) is 0. The number of hydrogen-bond donors (Lipinski definition) is 0. The molecule has 5 heavy (non-hydrogen) atoms. The molecule has 0 heterocycles. The van der Waals surface area contributed by atoms with Gasteiger partial charge in [-0.25, -0.2) is 0 Å². The van der Waals surface area contributed by atoms with Gasteiger partial charge in [0.1, 0.15) is 0 Å². The number of nitrogens with zero attached hydrogens (tertiary/aromatic N) is 1. The van der Waals surface area contributed by atoms with Crippen molar-refractivity contribution >= 4 is 0 Å². The zero-order valence-electron chi connectivity index (χ0n) is 9.15. The van der Waals surface area contributed by atoms with Crippen molar-refractivity contribution in [3.05, 3.63) is 0 Å². The summed E-state index contributed by atoms with van der Waals surface area (Å²) in [5, 5.41) is 0. The molecular formula is C4H11N. The fraction of sp³-hybridized carbons (Fsp3) is 1.00. The lowest BCUT2D eigenvalue weighted by Crippen LogP contribution is -2.08. The third-order valence-corrected chi connectivity index (χ3v) is 0.316. The Hall–Kier alpha value is -0.0400. The summed E-state index contributed by atoms with van der Waals surface area (Å²) < 4.78 is 41.1. The molecule has 0 rings (SSSR count). The van der Waals surface area contributed by atoms with E-state index in [1.807, 2.05) is 0 Å². The second-order valence-corrected chi connectivity index (χ2v) is 0.744. The van der Waals surface area contributed by atoms with E-state index in [1.165, 1.54) is 6.92 Å². The molecule has 1 heteroatoms. The molecular weight excluding hydrogens is 62.1 g/mol. The second-order valence-electron chi connectivity index (χ2n) is 0.744. The molecule has 1 nitrogen and oxygen atoms in total. The first-order valence-corrected chi connectivity index (χ1v) is 1.47. The molecule has 0 aliphatic heterocycles. The van der Waals surface area contributed by atoms with Crippen LogP contribution in [0.15, 0.2) is 0 Å². The molecule has 0 atom stereocenters.